The third kappa shape index (κ3) is 2.76. The molecule has 0 saturated carbocycles. The molecule has 124 valence electrons. The highest BCUT2D eigenvalue weighted by Gasteiger charge is 2.19. The van der Waals surface area contributed by atoms with Crippen molar-refractivity contribution in [3.63, 3.8) is 0 Å². The summed E-state index contributed by atoms with van der Waals surface area (Å²) in [5.74, 6) is 0.906. The number of halogens is 1. The number of hydrogen-bond donors (Lipinski definition) is 2. The van der Waals surface area contributed by atoms with E-state index in [9.17, 15) is 0 Å². The summed E-state index contributed by atoms with van der Waals surface area (Å²) in [7, 11) is 1.89. The van der Waals surface area contributed by atoms with Gasteiger partial charge in [0.15, 0.2) is 0 Å². The van der Waals surface area contributed by atoms with Crippen molar-refractivity contribution in [2.75, 3.05) is 18.9 Å². The standard InChI is InChI=1S/C19H21ClN4/c1-21-19-5-2-13(11-23-19)7-9-24-17-4-3-14(20)10-15(17)16-12-22-8-6-18(16)24/h2-5,10-11,22H,6-9,12H2,1H3,(H,21,23). The number of rotatable bonds is 4. The van der Waals surface area contributed by atoms with Crippen LogP contribution in [-0.2, 0) is 25.9 Å². The number of nitrogens with one attached hydrogen (secondary N) is 2. The molecule has 3 aromatic rings. The Morgan fingerprint density at radius 3 is 3.00 bits per heavy atom. The minimum atomic E-state index is 0.805. The number of hydrogen-bond acceptors (Lipinski definition) is 3. The van der Waals surface area contributed by atoms with Crippen LogP contribution in [0, 0.1) is 0 Å². The normalized spacial score (nSPS) is 13.9. The summed E-state index contributed by atoms with van der Waals surface area (Å²) in [5, 5.41) is 8.63. The van der Waals surface area contributed by atoms with Crippen LogP contribution in [0.15, 0.2) is 36.5 Å². The Labute approximate surface area is 146 Å². The van der Waals surface area contributed by atoms with Crippen molar-refractivity contribution in [1.82, 2.24) is 14.9 Å². The fraction of sp³-hybridized carbons (Fsp3) is 0.316. The summed E-state index contributed by atoms with van der Waals surface area (Å²) in [6.07, 6.45) is 4.00. The van der Waals surface area contributed by atoms with Gasteiger partial charge in [-0.2, -0.15) is 0 Å². The van der Waals surface area contributed by atoms with Crippen LogP contribution in [0.2, 0.25) is 5.02 Å². The monoisotopic (exact) mass is 340 g/mol. The molecule has 4 rings (SSSR count). The maximum absolute atomic E-state index is 6.23. The lowest BCUT2D eigenvalue weighted by Gasteiger charge is -2.17. The highest BCUT2D eigenvalue weighted by Crippen LogP contribution is 2.31. The van der Waals surface area contributed by atoms with E-state index in [0.29, 0.717) is 0 Å². The molecule has 0 fully saturated rings. The Morgan fingerprint density at radius 1 is 1.29 bits per heavy atom. The molecule has 4 nitrogen and oxygen atoms in total. The van der Waals surface area contributed by atoms with Crippen LogP contribution in [0.4, 0.5) is 5.82 Å². The molecule has 24 heavy (non-hydrogen) atoms. The van der Waals surface area contributed by atoms with Gasteiger partial charge in [-0.15, -0.1) is 0 Å². The lowest BCUT2D eigenvalue weighted by Crippen LogP contribution is -2.24. The highest BCUT2D eigenvalue weighted by atomic mass is 35.5. The van der Waals surface area contributed by atoms with E-state index >= 15 is 0 Å². The van der Waals surface area contributed by atoms with Crippen molar-refractivity contribution in [3.8, 4) is 0 Å². The molecule has 0 unspecified atom stereocenters. The zero-order valence-corrected chi connectivity index (χ0v) is 14.5. The maximum Gasteiger partial charge on any atom is 0.125 e. The van der Waals surface area contributed by atoms with Crippen molar-refractivity contribution < 1.29 is 0 Å². The number of anilines is 1. The van der Waals surface area contributed by atoms with Gasteiger partial charge in [-0.25, -0.2) is 4.98 Å². The SMILES string of the molecule is CNc1ccc(CCn2c3c(c4cc(Cl)ccc42)CNCC3)cn1. The fourth-order valence-electron chi connectivity index (χ4n) is 3.57. The summed E-state index contributed by atoms with van der Waals surface area (Å²) in [4.78, 5) is 4.41. The van der Waals surface area contributed by atoms with Crippen molar-refractivity contribution in [2.45, 2.75) is 25.9 Å². The van der Waals surface area contributed by atoms with Gasteiger partial charge in [-0.3, -0.25) is 0 Å². The smallest absolute Gasteiger partial charge is 0.125 e. The molecule has 3 heterocycles. The summed E-state index contributed by atoms with van der Waals surface area (Å²) in [6, 6.07) is 10.4. The predicted molar refractivity (Wildman–Crippen MR) is 99.8 cm³/mol. The number of fused-ring (bicyclic) bond motifs is 3. The topological polar surface area (TPSA) is 41.9 Å². The number of aryl methyl sites for hydroxylation is 2. The van der Waals surface area contributed by atoms with Gasteiger partial charge in [0.1, 0.15) is 5.82 Å². The Hall–Kier alpha value is -2.04. The first-order valence-electron chi connectivity index (χ1n) is 8.39. The number of pyridine rings is 1. The summed E-state index contributed by atoms with van der Waals surface area (Å²) in [6.45, 7) is 2.93. The second kappa shape index (κ2) is 6.46. The molecular weight excluding hydrogens is 320 g/mol. The second-order valence-corrected chi connectivity index (χ2v) is 6.65. The van der Waals surface area contributed by atoms with Gasteiger partial charge in [-0.1, -0.05) is 17.7 Å². The minimum Gasteiger partial charge on any atom is -0.373 e. The van der Waals surface area contributed by atoms with Gasteiger partial charge in [0, 0.05) is 60.9 Å². The summed E-state index contributed by atoms with van der Waals surface area (Å²) in [5.41, 5.74) is 5.40. The molecule has 2 aromatic heterocycles. The van der Waals surface area contributed by atoms with Crippen LogP contribution >= 0.6 is 11.6 Å². The highest BCUT2D eigenvalue weighted by molar-refractivity contribution is 6.31. The van der Waals surface area contributed by atoms with Crippen molar-refractivity contribution >= 4 is 28.3 Å². The first-order chi connectivity index (χ1) is 11.8. The number of nitrogens with zero attached hydrogens (tertiary/aromatic N) is 2. The minimum absolute atomic E-state index is 0.805. The van der Waals surface area contributed by atoms with E-state index in [1.807, 2.05) is 25.4 Å². The Kier molecular flexibility index (Phi) is 4.17. The van der Waals surface area contributed by atoms with Gasteiger partial charge in [0.25, 0.3) is 0 Å². The predicted octanol–water partition coefficient (Wildman–Crippen LogP) is 3.62. The van der Waals surface area contributed by atoms with Crippen LogP contribution in [0.3, 0.4) is 0 Å². The second-order valence-electron chi connectivity index (χ2n) is 6.22. The average Bonchev–Trinajstić information content (AvgIpc) is 2.93. The molecule has 1 aliphatic rings. The fourth-order valence-corrected chi connectivity index (χ4v) is 3.74. The zero-order chi connectivity index (χ0) is 16.5. The third-order valence-corrected chi connectivity index (χ3v) is 5.03. The molecule has 0 saturated heterocycles. The first kappa shape index (κ1) is 15.5. The molecule has 2 N–H and O–H groups in total. The van der Waals surface area contributed by atoms with E-state index in [-0.39, 0.29) is 0 Å². The number of benzene rings is 1. The Bertz CT molecular complexity index is 867. The van der Waals surface area contributed by atoms with Crippen molar-refractivity contribution in [1.29, 1.82) is 0 Å². The number of aromatic nitrogens is 2. The average molecular weight is 341 g/mol. The molecule has 0 radical (unpaired) electrons. The molecule has 0 bridgehead atoms. The van der Waals surface area contributed by atoms with E-state index < -0.39 is 0 Å². The largest absolute Gasteiger partial charge is 0.373 e. The van der Waals surface area contributed by atoms with Gasteiger partial charge in [0.2, 0.25) is 0 Å². The lowest BCUT2D eigenvalue weighted by atomic mass is 10.1. The molecule has 1 aliphatic heterocycles. The van der Waals surface area contributed by atoms with Gasteiger partial charge < -0.3 is 15.2 Å². The molecule has 0 atom stereocenters. The van der Waals surface area contributed by atoms with E-state index in [0.717, 1.165) is 43.3 Å². The van der Waals surface area contributed by atoms with Gasteiger partial charge in [0.05, 0.1) is 0 Å². The quantitative estimate of drug-likeness (QED) is 0.762. The van der Waals surface area contributed by atoms with E-state index in [1.165, 1.54) is 27.7 Å². The van der Waals surface area contributed by atoms with E-state index in [1.54, 1.807) is 0 Å². The summed E-state index contributed by atoms with van der Waals surface area (Å²) >= 11 is 6.23. The van der Waals surface area contributed by atoms with E-state index in [4.69, 9.17) is 11.6 Å². The van der Waals surface area contributed by atoms with Crippen LogP contribution in [-0.4, -0.2) is 23.1 Å². The first-order valence-corrected chi connectivity index (χ1v) is 8.77. The zero-order valence-electron chi connectivity index (χ0n) is 13.8. The molecular formula is C19H21ClN4. The Balaban J connectivity index is 1.67. The van der Waals surface area contributed by atoms with Crippen LogP contribution < -0.4 is 10.6 Å². The molecule has 0 aliphatic carbocycles. The van der Waals surface area contributed by atoms with E-state index in [2.05, 4.69) is 38.4 Å². The van der Waals surface area contributed by atoms with Crippen LogP contribution in [0.5, 0.6) is 0 Å². The third-order valence-electron chi connectivity index (χ3n) is 4.79. The van der Waals surface area contributed by atoms with Crippen molar-refractivity contribution in [2.24, 2.45) is 0 Å². The van der Waals surface area contributed by atoms with Crippen molar-refractivity contribution in [3.05, 3.63) is 58.4 Å². The van der Waals surface area contributed by atoms with Crippen LogP contribution in [0.25, 0.3) is 10.9 Å². The molecule has 0 amide bonds. The van der Waals surface area contributed by atoms with Crippen LogP contribution in [0.1, 0.15) is 16.8 Å². The summed E-state index contributed by atoms with van der Waals surface area (Å²) < 4.78 is 2.47. The Morgan fingerprint density at radius 2 is 2.21 bits per heavy atom. The van der Waals surface area contributed by atoms with Gasteiger partial charge >= 0.3 is 0 Å². The molecule has 5 heteroatoms. The van der Waals surface area contributed by atoms with Gasteiger partial charge in [-0.05, 0) is 41.8 Å². The molecule has 0 spiro atoms. The molecule has 1 aromatic carbocycles. The lowest BCUT2D eigenvalue weighted by molar-refractivity contribution is 0.594. The maximum atomic E-state index is 6.23.